The first-order chi connectivity index (χ1) is 4.89. The fraction of sp³-hybridized carbons (Fsp3) is 1.00. The summed E-state index contributed by atoms with van der Waals surface area (Å²) < 4.78 is 5.94. The van der Waals surface area contributed by atoms with Crippen LogP contribution in [-0.2, 0) is 4.43 Å². The van der Waals surface area contributed by atoms with Gasteiger partial charge in [0.2, 0.25) is 0 Å². The van der Waals surface area contributed by atoms with E-state index < -0.39 is 8.32 Å². The van der Waals surface area contributed by atoms with Crippen molar-refractivity contribution in [2.75, 3.05) is 4.95 Å². The van der Waals surface area contributed by atoms with Gasteiger partial charge in [-0.15, -0.1) is 0 Å². The van der Waals surface area contributed by atoms with Crippen molar-refractivity contribution in [2.45, 2.75) is 40.0 Å². The minimum atomic E-state index is -1.39. The van der Waals surface area contributed by atoms with Crippen molar-refractivity contribution in [3.8, 4) is 0 Å². The van der Waals surface area contributed by atoms with Gasteiger partial charge in [-0.25, -0.2) is 0 Å². The van der Waals surface area contributed by atoms with Gasteiger partial charge in [0.05, 0.1) is 0 Å². The van der Waals surface area contributed by atoms with Crippen LogP contribution in [0.2, 0.25) is 13.1 Å². The molecule has 3 heteroatoms. The average molecular weight is 239 g/mol. The summed E-state index contributed by atoms with van der Waals surface area (Å²) in [6.07, 6.45) is 0.397. The predicted molar refractivity (Wildman–Crippen MR) is 56.7 cm³/mol. The average Bonchev–Trinajstić information content (AvgIpc) is 1.87. The molecule has 0 aliphatic rings. The van der Waals surface area contributed by atoms with Crippen LogP contribution in [0.5, 0.6) is 0 Å². The van der Waals surface area contributed by atoms with Gasteiger partial charge in [-0.2, -0.15) is 0 Å². The van der Waals surface area contributed by atoms with Crippen LogP contribution in [0.3, 0.4) is 0 Å². The maximum absolute atomic E-state index is 5.94. The Balaban J connectivity index is 3.83. The minimum absolute atomic E-state index is 0.397. The number of alkyl halides is 1. The molecular formula is C8H19BrOSi. The standard InChI is InChI=1S/C8H19BrOSi/c1-7(2)8(3)10-11(4,5)6-9/h7-8H,6H2,1-5H3. The highest BCUT2D eigenvalue weighted by molar-refractivity contribution is 9.09. The van der Waals surface area contributed by atoms with Gasteiger partial charge in [0, 0.05) is 11.1 Å². The van der Waals surface area contributed by atoms with E-state index in [9.17, 15) is 0 Å². The molecular weight excluding hydrogens is 220 g/mol. The van der Waals surface area contributed by atoms with Gasteiger partial charge in [-0.3, -0.25) is 0 Å². The summed E-state index contributed by atoms with van der Waals surface area (Å²) in [6.45, 7) is 11.0. The summed E-state index contributed by atoms with van der Waals surface area (Å²) in [6, 6.07) is 0. The van der Waals surface area contributed by atoms with Crippen LogP contribution < -0.4 is 0 Å². The van der Waals surface area contributed by atoms with Crippen molar-refractivity contribution in [3.05, 3.63) is 0 Å². The van der Waals surface area contributed by atoms with Crippen LogP contribution in [-0.4, -0.2) is 19.4 Å². The van der Waals surface area contributed by atoms with Gasteiger partial charge >= 0.3 is 0 Å². The van der Waals surface area contributed by atoms with E-state index in [1.165, 1.54) is 0 Å². The molecule has 1 unspecified atom stereocenters. The van der Waals surface area contributed by atoms with Crippen molar-refractivity contribution in [1.29, 1.82) is 0 Å². The molecule has 0 bridgehead atoms. The quantitative estimate of drug-likeness (QED) is 0.540. The van der Waals surface area contributed by atoms with Crippen LogP contribution in [0.4, 0.5) is 0 Å². The Bertz CT molecular complexity index is 115. The molecule has 68 valence electrons. The Hall–Kier alpha value is 0.657. The first-order valence-electron chi connectivity index (χ1n) is 4.13. The molecule has 0 aromatic carbocycles. The zero-order valence-electron chi connectivity index (χ0n) is 8.15. The molecule has 0 aliphatic heterocycles. The van der Waals surface area contributed by atoms with E-state index in [0.29, 0.717) is 12.0 Å². The summed E-state index contributed by atoms with van der Waals surface area (Å²) in [5, 5.41) is 0. The molecule has 0 saturated carbocycles. The SMILES string of the molecule is CC(C)C(C)O[Si](C)(C)CBr. The smallest absolute Gasteiger partial charge is 0.197 e. The van der Waals surface area contributed by atoms with E-state index in [0.717, 1.165) is 4.95 Å². The van der Waals surface area contributed by atoms with E-state index in [-0.39, 0.29) is 0 Å². The third-order valence-corrected chi connectivity index (χ3v) is 7.47. The zero-order valence-corrected chi connectivity index (χ0v) is 10.7. The molecule has 0 aliphatic carbocycles. The molecule has 1 nitrogen and oxygen atoms in total. The highest BCUT2D eigenvalue weighted by Gasteiger charge is 2.24. The largest absolute Gasteiger partial charge is 0.414 e. The van der Waals surface area contributed by atoms with Gasteiger partial charge < -0.3 is 4.43 Å². The van der Waals surface area contributed by atoms with Crippen LogP contribution in [0.25, 0.3) is 0 Å². The topological polar surface area (TPSA) is 9.23 Å². The molecule has 0 rings (SSSR count). The Morgan fingerprint density at radius 2 is 1.73 bits per heavy atom. The van der Waals surface area contributed by atoms with Gasteiger partial charge in [0.25, 0.3) is 0 Å². The minimum Gasteiger partial charge on any atom is -0.414 e. The summed E-state index contributed by atoms with van der Waals surface area (Å²) in [5.74, 6) is 0.626. The van der Waals surface area contributed by atoms with E-state index in [2.05, 4.69) is 49.8 Å². The number of hydrogen-bond donors (Lipinski definition) is 0. The Morgan fingerprint density at radius 1 is 1.27 bits per heavy atom. The number of rotatable bonds is 4. The highest BCUT2D eigenvalue weighted by atomic mass is 79.9. The molecule has 11 heavy (non-hydrogen) atoms. The molecule has 0 aromatic heterocycles. The normalized spacial score (nSPS) is 15.5. The van der Waals surface area contributed by atoms with E-state index in [1.54, 1.807) is 0 Å². The van der Waals surface area contributed by atoms with Crippen LogP contribution >= 0.6 is 15.9 Å². The number of hydrogen-bond acceptors (Lipinski definition) is 1. The van der Waals surface area contributed by atoms with Gasteiger partial charge in [-0.05, 0) is 25.9 Å². The first kappa shape index (κ1) is 11.7. The number of halogens is 1. The second kappa shape index (κ2) is 4.63. The second-order valence-electron chi connectivity index (χ2n) is 3.96. The molecule has 1 atom stereocenters. The molecule has 0 saturated heterocycles. The maximum atomic E-state index is 5.94. The molecule has 0 N–H and O–H groups in total. The lowest BCUT2D eigenvalue weighted by Crippen LogP contribution is -2.38. The van der Waals surface area contributed by atoms with Gasteiger partial charge in [-0.1, -0.05) is 29.8 Å². The highest BCUT2D eigenvalue weighted by Crippen LogP contribution is 2.15. The van der Waals surface area contributed by atoms with Crippen molar-refractivity contribution in [3.63, 3.8) is 0 Å². The summed E-state index contributed by atoms with van der Waals surface area (Å²) in [5.41, 5.74) is 0. The third kappa shape index (κ3) is 4.99. The fourth-order valence-corrected chi connectivity index (χ4v) is 2.41. The molecule has 0 radical (unpaired) electrons. The summed E-state index contributed by atoms with van der Waals surface area (Å²) >= 11 is 3.49. The van der Waals surface area contributed by atoms with Crippen LogP contribution in [0.15, 0.2) is 0 Å². The second-order valence-corrected chi connectivity index (χ2v) is 9.66. The first-order valence-corrected chi connectivity index (χ1v) is 8.36. The molecule has 0 amide bonds. The fourth-order valence-electron chi connectivity index (χ4n) is 0.671. The maximum Gasteiger partial charge on any atom is 0.197 e. The lowest BCUT2D eigenvalue weighted by molar-refractivity contribution is 0.163. The van der Waals surface area contributed by atoms with Crippen molar-refractivity contribution in [2.24, 2.45) is 5.92 Å². The van der Waals surface area contributed by atoms with Crippen molar-refractivity contribution in [1.82, 2.24) is 0 Å². The summed E-state index contributed by atoms with van der Waals surface area (Å²) in [4.78, 5) is 1.02. The van der Waals surface area contributed by atoms with E-state index in [4.69, 9.17) is 4.43 Å². The van der Waals surface area contributed by atoms with Crippen molar-refractivity contribution >= 4 is 24.2 Å². The monoisotopic (exact) mass is 238 g/mol. The Labute approximate surface area is 79.8 Å². The van der Waals surface area contributed by atoms with Crippen LogP contribution in [0, 0.1) is 5.92 Å². The third-order valence-electron chi connectivity index (χ3n) is 1.77. The van der Waals surface area contributed by atoms with Gasteiger partial charge in [0.15, 0.2) is 8.32 Å². The lowest BCUT2D eigenvalue weighted by atomic mass is 10.1. The Morgan fingerprint density at radius 3 is 2.00 bits per heavy atom. The molecule has 0 heterocycles. The zero-order chi connectivity index (χ0) is 9.07. The van der Waals surface area contributed by atoms with Gasteiger partial charge in [0.1, 0.15) is 0 Å². The lowest BCUT2D eigenvalue weighted by Gasteiger charge is -2.27. The summed E-state index contributed by atoms with van der Waals surface area (Å²) in [7, 11) is -1.39. The van der Waals surface area contributed by atoms with E-state index in [1.807, 2.05) is 0 Å². The van der Waals surface area contributed by atoms with E-state index >= 15 is 0 Å². The predicted octanol–water partition coefficient (Wildman–Crippen LogP) is 3.19. The van der Waals surface area contributed by atoms with Crippen molar-refractivity contribution < 1.29 is 4.43 Å². The molecule has 0 fully saturated rings. The Kier molecular flexibility index (Phi) is 4.90. The van der Waals surface area contributed by atoms with Crippen LogP contribution in [0.1, 0.15) is 20.8 Å². The molecule has 0 aromatic rings. The molecule has 0 spiro atoms.